The molecule has 1 N–H and O–H groups in total. The van der Waals surface area contributed by atoms with E-state index in [-0.39, 0.29) is 16.9 Å². The van der Waals surface area contributed by atoms with E-state index in [1.807, 2.05) is 0 Å². The van der Waals surface area contributed by atoms with Gasteiger partial charge in [-0.1, -0.05) is 0 Å². The van der Waals surface area contributed by atoms with Crippen LogP contribution in [0.2, 0.25) is 0 Å². The first-order chi connectivity index (χ1) is 7.04. The van der Waals surface area contributed by atoms with Crippen molar-refractivity contribution in [2.45, 2.75) is 17.9 Å². The van der Waals surface area contributed by atoms with Crippen molar-refractivity contribution >= 4 is 17.7 Å². The van der Waals surface area contributed by atoms with E-state index in [2.05, 4.69) is 14.8 Å². The van der Waals surface area contributed by atoms with Crippen LogP contribution in [0.1, 0.15) is 12.7 Å². The van der Waals surface area contributed by atoms with Gasteiger partial charge in [-0.2, -0.15) is 5.10 Å². The fraction of sp³-hybridized carbons (Fsp3) is 0.625. The van der Waals surface area contributed by atoms with E-state index in [1.165, 1.54) is 23.6 Å². The number of aromatic nitrogens is 3. The maximum absolute atomic E-state index is 11.1. The number of carbonyl (C=O) groups excluding carboxylic acids is 1. The van der Waals surface area contributed by atoms with E-state index >= 15 is 0 Å². The normalized spacial score (nSPS) is 12.5. The predicted molar refractivity (Wildman–Crippen MR) is 56.6 cm³/mol. The van der Waals surface area contributed by atoms with Crippen LogP contribution in [0.25, 0.3) is 0 Å². The van der Waals surface area contributed by atoms with Crippen molar-refractivity contribution in [2.75, 3.05) is 7.11 Å². The Morgan fingerprint density at radius 1 is 1.73 bits per heavy atom. The van der Waals surface area contributed by atoms with Gasteiger partial charge in [0.2, 0.25) is 0 Å². The van der Waals surface area contributed by atoms with E-state index in [0.29, 0.717) is 11.6 Å². The Hall–Kier alpha value is -1.24. The number of aryl methyl sites for hydroxylation is 1. The summed E-state index contributed by atoms with van der Waals surface area (Å²) in [4.78, 5) is 24.7. The largest absolute Gasteiger partial charge is 0.468 e. The monoisotopic (exact) mass is 231 g/mol. The Labute approximate surface area is 91.0 Å². The third kappa shape index (κ3) is 3.12. The molecule has 1 unspecified atom stereocenters. The lowest BCUT2D eigenvalue weighted by atomic mass is 10.5. The highest BCUT2D eigenvalue weighted by atomic mass is 32.2. The second kappa shape index (κ2) is 5.01. The molecule has 1 atom stereocenters. The molecule has 1 rings (SSSR count). The molecule has 0 bridgehead atoms. The Balaban J connectivity index is 2.50. The van der Waals surface area contributed by atoms with Crippen LogP contribution >= 0.6 is 11.8 Å². The minimum Gasteiger partial charge on any atom is -0.468 e. The van der Waals surface area contributed by atoms with Crippen LogP contribution in [-0.2, 0) is 22.3 Å². The number of methoxy groups -OCH3 is 1. The van der Waals surface area contributed by atoms with Crippen LogP contribution in [-0.4, -0.2) is 33.1 Å². The van der Waals surface area contributed by atoms with Gasteiger partial charge in [0.05, 0.1) is 12.9 Å². The molecule has 0 saturated heterocycles. The van der Waals surface area contributed by atoms with Gasteiger partial charge in [-0.05, 0) is 6.92 Å². The molecule has 0 aliphatic rings. The molecule has 1 aromatic heterocycles. The molecule has 0 saturated carbocycles. The standard InChI is InChI=1S/C8H13N3O3S/c1-5(7(12)14-3)15-4-6-9-8(13)11(2)10-6/h5H,4H2,1-3H3,(H,9,10,13). The molecule has 0 amide bonds. The van der Waals surface area contributed by atoms with E-state index in [1.54, 1.807) is 14.0 Å². The molecule has 84 valence electrons. The summed E-state index contributed by atoms with van der Waals surface area (Å²) in [5, 5.41) is 3.68. The first-order valence-corrected chi connectivity index (χ1v) is 5.41. The number of thioether (sulfide) groups is 1. The zero-order valence-electron chi connectivity index (χ0n) is 8.81. The van der Waals surface area contributed by atoms with Crippen molar-refractivity contribution < 1.29 is 9.53 Å². The lowest BCUT2D eigenvalue weighted by Gasteiger charge is -2.06. The summed E-state index contributed by atoms with van der Waals surface area (Å²) in [5.41, 5.74) is -0.253. The maximum Gasteiger partial charge on any atom is 0.343 e. The molecule has 1 heterocycles. The van der Waals surface area contributed by atoms with Crippen molar-refractivity contribution in [1.29, 1.82) is 0 Å². The Bertz CT molecular complexity index is 398. The number of hydrogen-bond donors (Lipinski definition) is 1. The van der Waals surface area contributed by atoms with Gasteiger partial charge < -0.3 is 4.74 Å². The van der Waals surface area contributed by atoms with Gasteiger partial charge >= 0.3 is 11.7 Å². The topological polar surface area (TPSA) is 77.0 Å². The van der Waals surface area contributed by atoms with Crippen molar-refractivity contribution in [2.24, 2.45) is 7.05 Å². The minimum absolute atomic E-state index is 0.253. The summed E-state index contributed by atoms with van der Waals surface area (Å²) >= 11 is 1.36. The van der Waals surface area contributed by atoms with Gasteiger partial charge in [-0.15, -0.1) is 11.8 Å². The number of hydrogen-bond acceptors (Lipinski definition) is 5. The fourth-order valence-corrected chi connectivity index (χ4v) is 1.73. The number of esters is 1. The average molecular weight is 231 g/mol. The SMILES string of the molecule is COC(=O)C(C)SCc1nn(C)c(=O)[nH]1. The van der Waals surface area contributed by atoms with Gasteiger partial charge in [0.1, 0.15) is 11.1 Å². The van der Waals surface area contributed by atoms with Crippen molar-refractivity contribution in [3.63, 3.8) is 0 Å². The van der Waals surface area contributed by atoms with Crippen molar-refractivity contribution in [1.82, 2.24) is 14.8 Å². The highest BCUT2D eigenvalue weighted by Crippen LogP contribution is 2.15. The van der Waals surface area contributed by atoms with Gasteiger partial charge in [-0.3, -0.25) is 9.78 Å². The first kappa shape index (κ1) is 11.8. The number of rotatable bonds is 4. The van der Waals surface area contributed by atoms with Crippen LogP contribution in [0.3, 0.4) is 0 Å². The number of carbonyl (C=O) groups is 1. The number of H-pyrrole nitrogens is 1. The van der Waals surface area contributed by atoms with E-state index < -0.39 is 0 Å². The van der Waals surface area contributed by atoms with Crippen molar-refractivity contribution in [3.05, 3.63) is 16.3 Å². The second-order valence-corrected chi connectivity index (χ2v) is 4.31. The van der Waals surface area contributed by atoms with Gasteiger partial charge in [0.15, 0.2) is 0 Å². The summed E-state index contributed by atoms with van der Waals surface area (Å²) in [6.07, 6.45) is 0. The summed E-state index contributed by atoms with van der Waals surface area (Å²) in [6, 6.07) is 0. The zero-order chi connectivity index (χ0) is 11.4. The Kier molecular flexibility index (Phi) is 3.96. The van der Waals surface area contributed by atoms with Crippen LogP contribution in [0.4, 0.5) is 0 Å². The van der Waals surface area contributed by atoms with Crippen LogP contribution in [0.15, 0.2) is 4.79 Å². The molecule has 6 nitrogen and oxygen atoms in total. The molecule has 0 aliphatic carbocycles. The van der Waals surface area contributed by atoms with E-state index in [9.17, 15) is 9.59 Å². The maximum atomic E-state index is 11.1. The molecular weight excluding hydrogens is 218 g/mol. The third-order valence-corrected chi connectivity index (χ3v) is 2.95. The van der Waals surface area contributed by atoms with E-state index in [4.69, 9.17) is 0 Å². The Morgan fingerprint density at radius 3 is 2.87 bits per heavy atom. The quantitative estimate of drug-likeness (QED) is 0.732. The van der Waals surface area contributed by atoms with Crippen LogP contribution in [0, 0.1) is 0 Å². The third-order valence-electron chi connectivity index (χ3n) is 1.82. The summed E-state index contributed by atoms with van der Waals surface area (Å²) < 4.78 is 5.79. The number of nitrogens with zero attached hydrogens (tertiary/aromatic N) is 2. The molecule has 0 aliphatic heterocycles. The fourth-order valence-electron chi connectivity index (χ4n) is 0.959. The highest BCUT2D eigenvalue weighted by molar-refractivity contribution is 7.99. The average Bonchev–Trinajstić information content (AvgIpc) is 2.54. The zero-order valence-corrected chi connectivity index (χ0v) is 9.63. The summed E-state index contributed by atoms with van der Waals surface area (Å²) in [7, 11) is 2.92. The molecule has 0 fully saturated rings. The van der Waals surface area contributed by atoms with Gasteiger partial charge in [-0.25, -0.2) is 9.48 Å². The summed E-state index contributed by atoms with van der Waals surface area (Å²) in [6.45, 7) is 1.75. The number of aromatic amines is 1. The smallest absolute Gasteiger partial charge is 0.343 e. The van der Waals surface area contributed by atoms with Crippen LogP contribution in [0.5, 0.6) is 0 Å². The van der Waals surface area contributed by atoms with Crippen LogP contribution < -0.4 is 5.69 Å². The second-order valence-electron chi connectivity index (χ2n) is 2.98. The molecule has 15 heavy (non-hydrogen) atoms. The highest BCUT2D eigenvalue weighted by Gasteiger charge is 2.14. The molecule has 7 heteroatoms. The molecule has 0 aromatic carbocycles. The molecule has 0 spiro atoms. The summed E-state index contributed by atoms with van der Waals surface area (Å²) in [5.74, 6) is 0.758. The molecular formula is C8H13N3O3S. The van der Waals surface area contributed by atoms with Crippen molar-refractivity contribution in [3.8, 4) is 0 Å². The number of nitrogens with one attached hydrogen (secondary N) is 1. The lowest BCUT2D eigenvalue weighted by molar-refractivity contribution is -0.139. The number of ether oxygens (including phenoxy) is 1. The predicted octanol–water partition coefficient (Wildman–Crippen LogP) is -0.0969. The van der Waals surface area contributed by atoms with E-state index in [0.717, 1.165) is 0 Å². The lowest BCUT2D eigenvalue weighted by Crippen LogP contribution is -2.15. The van der Waals surface area contributed by atoms with Gasteiger partial charge in [0, 0.05) is 7.05 Å². The molecule has 1 aromatic rings. The minimum atomic E-state index is -0.279. The first-order valence-electron chi connectivity index (χ1n) is 4.36. The van der Waals surface area contributed by atoms with Gasteiger partial charge in [0.25, 0.3) is 0 Å². The molecule has 0 radical (unpaired) electrons. The Morgan fingerprint density at radius 2 is 2.40 bits per heavy atom.